The Morgan fingerprint density at radius 1 is 1.11 bits per heavy atom. The molecule has 0 saturated carbocycles. The zero-order valence-electron chi connectivity index (χ0n) is 16.2. The summed E-state index contributed by atoms with van der Waals surface area (Å²) in [7, 11) is 1.64. The predicted molar refractivity (Wildman–Crippen MR) is 108 cm³/mol. The molecular weight excluding hydrogens is 352 g/mol. The van der Waals surface area contributed by atoms with Gasteiger partial charge in [-0.05, 0) is 29.8 Å². The van der Waals surface area contributed by atoms with Crippen LogP contribution in [0.2, 0.25) is 0 Å². The third-order valence-electron chi connectivity index (χ3n) is 4.91. The normalized spacial score (nSPS) is 16.5. The van der Waals surface area contributed by atoms with Gasteiger partial charge in [-0.15, -0.1) is 0 Å². The monoisotopic (exact) mass is 374 g/mol. The fourth-order valence-corrected chi connectivity index (χ4v) is 3.40. The lowest BCUT2D eigenvalue weighted by atomic mass is 9.97. The average molecular weight is 374 g/mol. The van der Waals surface area contributed by atoms with Crippen molar-refractivity contribution in [2.24, 2.45) is 11.0 Å². The van der Waals surface area contributed by atoms with Crippen molar-refractivity contribution in [2.45, 2.75) is 26.3 Å². The second kappa shape index (κ2) is 7.38. The van der Waals surface area contributed by atoms with Crippen LogP contribution in [0.1, 0.15) is 37.4 Å². The smallest absolute Gasteiger partial charge is 0.245 e. The molecule has 0 radical (unpaired) electrons. The van der Waals surface area contributed by atoms with Crippen LogP contribution in [-0.4, -0.2) is 33.7 Å². The van der Waals surface area contributed by atoms with Crippen LogP contribution in [0.25, 0.3) is 11.0 Å². The molecule has 1 aromatic heterocycles. The first-order chi connectivity index (χ1) is 13.6. The van der Waals surface area contributed by atoms with E-state index >= 15 is 0 Å². The van der Waals surface area contributed by atoms with Crippen molar-refractivity contribution in [1.29, 1.82) is 0 Å². The van der Waals surface area contributed by atoms with Gasteiger partial charge in [0.2, 0.25) is 5.91 Å². The number of carbonyl (C=O) groups excluding carboxylic acids is 1. The Balaban J connectivity index is 1.74. The van der Waals surface area contributed by atoms with Gasteiger partial charge in [0.1, 0.15) is 5.75 Å². The lowest BCUT2D eigenvalue weighted by Crippen LogP contribution is -2.30. The fourth-order valence-electron chi connectivity index (χ4n) is 3.40. The number of hydrazone groups is 1. The van der Waals surface area contributed by atoms with Gasteiger partial charge in [-0.25, -0.2) is 5.01 Å². The van der Waals surface area contributed by atoms with Gasteiger partial charge >= 0.3 is 0 Å². The van der Waals surface area contributed by atoms with E-state index in [0.29, 0.717) is 6.42 Å². The number of nitrogens with zero attached hydrogens (tertiary/aromatic N) is 4. The summed E-state index contributed by atoms with van der Waals surface area (Å²) in [6, 6.07) is 13.6. The number of carbonyl (C=O) groups is 1. The van der Waals surface area contributed by atoms with Gasteiger partial charge in [0, 0.05) is 30.3 Å². The molecule has 28 heavy (non-hydrogen) atoms. The summed E-state index contributed by atoms with van der Waals surface area (Å²) in [5.74, 6) is 0.629. The Hall–Kier alpha value is -3.28. The average Bonchev–Trinajstić information content (AvgIpc) is 3.18. The van der Waals surface area contributed by atoms with Crippen molar-refractivity contribution in [3.05, 3.63) is 66.0 Å². The molecule has 1 aliphatic rings. The minimum atomic E-state index is -0.164. The molecule has 1 aliphatic heterocycles. The lowest BCUT2D eigenvalue weighted by molar-refractivity contribution is -0.136. The van der Waals surface area contributed by atoms with Crippen LogP contribution in [0.5, 0.6) is 5.75 Å². The van der Waals surface area contributed by atoms with Gasteiger partial charge in [-0.1, -0.05) is 32.0 Å². The van der Waals surface area contributed by atoms with Crippen LogP contribution in [0.3, 0.4) is 0 Å². The maximum absolute atomic E-state index is 12.9. The van der Waals surface area contributed by atoms with Gasteiger partial charge in [0.25, 0.3) is 0 Å². The highest BCUT2D eigenvalue weighted by Gasteiger charge is 2.34. The highest BCUT2D eigenvalue weighted by Crippen LogP contribution is 2.35. The Labute approximate surface area is 163 Å². The molecule has 4 rings (SSSR count). The molecule has 3 aromatic rings. The number of benzene rings is 2. The zero-order valence-corrected chi connectivity index (χ0v) is 16.2. The number of methoxy groups -OCH3 is 1. The summed E-state index contributed by atoms with van der Waals surface area (Å²) < 4.78 is 5.34. The fraction of sp³-hybridized carbons (Fsp3) is 0.273. The number of ether oxygens (including phenoxy) is 1. The summed E-state index contributed by atoms with van der Waals surface area (Å²) >= 11 is 0. The van der Waals surface area contributed by atoms with E-state index in [1.807, 2.05) is 56.3 Å². The van der Waals surface area contributed by atoms with E-state index < -0.39 is 0 Å². The highest BCUT2D eigenvalue weighted by molar-refractivity contribution is 6.03. The summed E-state index contributed by atoms with van der Waals surface area (Å²) in [6.45, 7) is 3.79. The van der Waals surface area contributed by atoms with E-state index in [0.717, 1.165) is 33.6 Å². The molecule has 6 heteroatoms. The van der Waals surface area contributed by atoms with Crippen molar-refractivity contribution in [3.63, 3.8) is 0 Å². The third-order valence-corrected chi connectivity index (χ3v) is 4.91. The van der Waals surface area contributed by atoms with Crippen molar-refractivity contribution in [3.8, 4) is 5.75 Å². The zero-order chi connectivity index (χ0) is 19.7. The second-order valence-corrected chi connectivity index (χ2v) is 7.14. The number of fused-ring (bicyclic) bond motifs is 1. The SMILES string of the molecule is COc1cccc(C2=NN(C(=O)C(C)C)C(c3ccc4nccnc4c3)C2)c1. The van der Waals surface area contributed by atoms with E-state index in [-0.39, 0.29) is 17.9 Å². The molecule has 2 aromatic carbocycles. The Morgan fingerprint density at radius 3 is 2.64 bits per heavy atom. The van der Waals surface area contributed by atoms with Crippen molar-refractivity contribution < 1.29 is 9.53 Å². The molecule has 2 heterocycles. The molecule has 0 spiro atoms. The van der Waals surface area contributed by atoms with Crippen molar-refractivity contribution >= 4 is 22.7 Å². The highest BCUT2D eigenvalue weighted by atomic mass is 16.5. The van der Waals surface area contributed by atoms with Crippen LogP contribution in [0, 0.1) is 5.92 Å². The molecule has 0 fully saturated rings. The van der Waals surface area contributed by atoms with Gasteiger partial charge < -0.3 is 4.74 Å². The molecular formula is C22H22N4O2. The number of rotatable bonds is 4. The first-order valence-electron chi connectivity index (χ1n) is 9.32. The summed E-state index contributed by atoms with van der Waals surface area (Å²) in [4.78, 5) is 21.6. The van der Waals surface area contributed by atoms with Gasteiger partial charge in [-0.3, -0.25) is 14.8 Å². The van der Waals surface area contributed by atoms with E-state index in [1.165, 1.54) is 0 Å². The molecule has 0 aliphatic carbocycles. The summed E-state index contributed by atoms with van der Waals surface area (Å²) in [5.41, 5.74) is 4.48. The standard InChI is InChI=1S/C22H22N4O2/c1-14(2)22(27)26-21(16-7-8-18-20(12-16)24-10-9-23-18)13-19(25-26)15-5-4-6-17(11-15)28-3/h4-12,14,21H,13H2,1-3H3. The maximum atomic E-state index is 12.9. The van der Waals surface area contributed by atoms with Crippen molar-refractivity contribution in [1.82, 2.24) is 15.0 Å². The Bertz CT molecular complexity index is 1060. The van der Waals surface area contributed by atoms with E-state index in [1.54, 1.807) is 24.5 Å². The first-order valence-corrected chi connectivity index (χ1v) is 9.32. The number of hydrogen-bond donors (Lipinski definition) is 0. The first kappa shape index (κ1) is 18.1. The van der Waals surface area contributed by atoms with Crippen LogP contribution >= 0.6 is 0 Å². The molecule has 142 valence electrons. The maximum Gasteiger partial charge on any atom is 0.245 e. The lowest BCUT2D eigenvalue weighted by Gasteiger charge is -2.23. The van der Waals surface area contributed by atoms with Gasteiger partial charge in [-0.2, -0.15) is 5.10 Å². The molecule has 1 unspecified atom stereocenters. The number of aromatic nitrogens is 2. The van der Waals surface area contributed by atoms with Crippen LogP contribution in [0.15, 0.2) is 60.0 Å². The quantitative estimate of drug-likeness (QED) is 0.693. The predicted octanol–water partition coefficient (Wildman–Crippen LogP) is 3.97. The molecule has 0 N–H and O–H groups in total. The number of hydrogen-bond acceptors (Lipinski definition) is 5. The van der Waals surface area contributed by atoms with Crippen LogP contribution in [0.4, 0.5) is 0 Å². The molecule has 1 atom stereocenters. The second-order valence-electron chi connectivity index (χ2n) is 7.14. The molecule has 1 amide bonds. The molecule has 0 bridgehead atoms. The summed E-state index contributed by atoms with van der Waals surface area (Å²) in [6.07, 6.45) is 3.99. The van der Waals surface area contributed by atoms with E-state index in [2.05, 4.69) is 9.97 Å². The van der Waals surface area contributed by atoms with Gasteiger partial charge in [0.05, 0.1) is 29.9 Å². The summed E-state index contributed by atoms with van der Waals surface area (Å²) in [5, 5.41) is 6.32. The van der Waals surface area contributed by atoms with Crippen molar-refractivity contribution in [2.75, 3.05) is 7.11 Å². The van der Waals surface area contributed by atoms with Crippen LogP contribution < -0.4 is 4.74 Å². The van der Waals surface area contributed by atoms with Gasteiger partial charge in [0.15, 0.2) is 0 Å². The molecule has 6 nitrogen and oxygen atoms in total. The topological polar surface area (TPSA) is 67.7 Å². The number of amides is 1. The van der Waals surface area contributed by atoms with Crippen LogP contribution in [-0.2, 0) is 4.79 Å². The Kier molecular flexibility index (Phi) is 4.77. The van der Waals surface area contributed by atoms with E-state index in [4.69, 9.17) is 9.84 Å². The Morgan fingerprint density at radius 2 is 1.89 bits per heavy atom. The largest absolute Gasteiger partial charge is 0.497 e. The molecule has 0 saturated heterocycles. The third kappa shape index (κ3) is 3.33. The van der Waals surface area contributed by atoms with E-state index in [9.17, 15) is 4.79 Å². The minimum Gasteiger partial charge on any atom is -0.497 e. The minimum absolute atomic E-state index is 0.00198.